The predicted octanol–water partition coefficient (Wildman–Crippen LogP) is 2.07. The molecular weight excluding hydrogens is 352 g/mol. The predicted molar refractivity (Wildman–Crippen MR) is 102 cm³/mol. The maximum absolute atomic E-state index is 12.2. The van der Waals surface area contributed by atoms with E-state index in [1.165, 1.54) is 4.68 Å². The van der Waals surface area contributed by atoms with E-state index in [0.717, 1.165) is 22.9 Å². The summed E-state index contributed by atoms with van der Waals surface area (Å²) in [7, 11) is 0. The standard InChI is InChI=1S/C17H24N6O2S/c1-10-8-6-7-9-12(10)13-21-22-16(23(13)18)26-11(2)14(24)19-15(25)20-17(3,4)5/h6-9,11H,18H2,1-5H3,(H2,19,20,24,25)/t11-/m0/s1. The molecule has 2 aromatic rings. The number of aryl methyl sites for hydroxylation is 1. The zero-order valence-electron chi connectivity index (χ0n) is 15.5. The topological polar surface area (TPSA) is 115 Å². The van der Waals surface area contributed by atoms with Crippen LogP contribution in [0.15, 0.2) is 29.4 Å². The van der Waals surface area contributed by atoms with E-state index in [-0.39, 0.29) is 0 Å². The summed E-state index contributed by atoms with van der Waals surface area (Å²) >= 11 is 1.13. The maximum Gasteiger partial charge on any atom is 0.321 e. The van der Waals surface area contributed by atoms with Crippen LogP contribution in [0.4, 0.5) is 4.79 Å². The molecule has 0 aliphatic carbocycles. The highest BCUT2D eigenvalue weighted by atomic mass is 32.2. The Morgan fingerprint density at radius 1 is 1.23 bits per heavy atom. The Labute approximate surface area is 156 Å². The van der Waals surface area contributed by atoms with Crippen molar-refractivity contribution in [3.05, 3.63) is 29.8 Å². The van der Waals surface area contributed by atoms with Crippen molar-refractivity contribution in [3.63, 3.8) is 0 Å². The molecule has 1 heterocycles. The Kier molecular flexibility index (Phi) is 5.91. The van der Waals surface area contributed by atoms with Crippen molar-refractivity contribution >= 4 is 23.7 Å². The molecule has 0 aliphatic rings. The summed E-state index contributed by atoms with van der Waals surface area (Å²) in [5.41, 5.74) is 1.46. The van der Waals surface area contributed by atoms with Gasteiger partial charge in [-0.15, -0.1) is 10.2 Å². The van der Waals surface area contributed by atoms with Crippen LogP contribution in [-0.4, -0.2) is 37.6 Å². The molecule has 2 rings (SSSR count). The second-order valence-electron chi connectivity index (χ2n) is 6.94. The van der Waals surface area contributed by atoms with Crippen LogP contribution in [0.3, 0.4) is 0 Å². The number of benzene rings is 1. The van der Waals surface area contributed by atoms with Gasteiger partial charge in [0, 0.05) is 11.1 Å². The van der Waals surface area contributed by atoms with Crippen LogP contribution in [0, 0.1) is 6.92 Å². The Bertz CT molecular complexity index is 812. The Hall–Kier alpha value is -2.55. The van der Waals surface area contributed by atoms with E-state index in [1.807, 2.05) is 52.0 Å². The molecule has 4 N–H and O–H groups in total. The fourth-order valence-electron chi connectivity index (χ4n) is 2.16. The molecule has 140 valence electrons. The molecule has 3 amide bonds. The number of hydrogen-bond acceptors (Lipinski definition) is 6. The van der Waals surface area contributed by atoms with E-state index in [2.05, 4.69) is 20.8 Å². The molecule has 1 atom stereocenters. The molecule has 0 saturated carbocycles. The first-order chi connectivity index (χ1) is 12.1. The maximum atomic E-state index is 12.2. The molecule has 0 bridgehead atoms. The quantitative estimate of drug-likeness (QED) is 0.556. The van der Waals surface area contributed by atoms with Crippen molar-refractivity contribution in [1.29, 1.82) is 0 Å². The number of aromatic nitrogens is 3. The van der Waals surface area contributed by atoms with Gasteiger partial charge in [-0.05, 0) is 40.2 Å². The first kappa shape index (κ1) is 19.8. The fourth-order valence-corrected chi connectivity index (χ4v) is 2.93. The van der Waals surface area contributed by atoms with E-state index in [9.17, 15) is 9.59 Å². The second kappa shape index (κ2) is 7.77. The second-order valence-corrected chi connectivity index (χ2v) is 8.25. The molecule has 1 aromatic heterocycles. The van der Waals surface area contributed by atoms with Crippen LogP contribution in [0.1, 0.15) is 33.3 Å². The summed E-state index contributed by atoms with van der Waals surface area (Å²) in [6.07, 6.45) is 0. The number of nitrogen functional groups attached to an aromatic ring is 1. The molecule has 0 fully saturated rings. The number of carbonyl (C=O) groups is 2. The lowest BCUT2D eigenvalue weighted by atomic mass is 10.1. The van der Waals surface area contributed by atoms with Gasteiger partial charge in [-0.2, -0.15) is 0 Å². The van der Waals surface area contributed by atoms with Crippen molar-refractivity contribution in [1.82, 2.24) is 25.5 Å². The molecule has 0 spiro atoms. The zero-order valence-corrected chi connectivity index (χ0v) is 16.3. The van der Waals surface area contributed by atoms with Gasteiger partial charge in [-0.1, -0.05) is 36.0 Å². The average Bonchev–Trinajstić information content (AvgIpc) is 2.86. The van der Waals surface area contributed by atoms with E-state index in [4.69, 9.17) is 5.84 Å². The van der Waals surface area contributed by atoms with Crippen LogP contribution < -0.4 is 16.5 Å². The van der Waals surface area contributed by atoms with E-state index >= 15 is 0 Å². The van der Waals surface area contributed by atoms with Gasteiger partial charge in [0.1, 0.15) is 0 Å². The number of nitrogens with zero attached hydrogens (tertiary/aromatic N) is 3. The smallest absolute Gasteiger partial charge is 0.321 e. The van der Waals surface area contributed by atoms with E-state index < -0.39 is 22.7 Å². The average molecular weight is 376 g/mol. The summed E-state index contributed by atoms with van der Waals surface area (Å²) in [6, 6.07) is 7.16. The Balaban J connectivity index is 2.06. The number of thioether (sulfide) groups is 1. The largest absolute Gasteiger partial charge is 0.335 e. The highest BCUT2D eigenvalue weighted by Gasteiger charge is 2.23. The molecule has 8 nitrogen and oxygen atoms in total. The van der Waals surface area contributed by atoms with Crippen molar-refractivity contribution in [3.8, 4) is 11.4 Å². The zero-order chi connectivity index (χ0) is 19.5. The van der Waals surface area contributed by atoms with Gasteiger partial charge in [0.2, 0.25) is 11.1 Å². The molecular formula is C17H24N6O2S. The lowest BCUT2D eigenvalue weighted by Gasteiger charge is -2.21. The summed E-state index contributed by atoms with van der Waals surface area (Å²) < 4.78 is 1.35. The monoisotopic (exact) mass is 376 g/mol. The van der Waals surface area contributed by atoms with E-state index in [0.29, 0.717) is 11.0 Å². The summed E-state index contributed by atoms with van der Waals surface area (Å²) in [6.45, 7) is 9.13. The number of amides is 3. The van der Waals surface area contributed by atoms with Gasteiger partial charge in [-0.3, -0.25) is 10.1 Å². The number of hydrogen-bond donors (Lipinski definition) is 3. The van der Waals surface area contributed by atoms with Gasteiger partial charge < -0.3 is 11.2 Å². The number of nitrogens with two attached hydrogens (primary N) is 1. The van der Waals surface area contributed by atoms with Crippen molar-refractivity contribution in [2.75, 3.05) is 5.84 Å². The minimum absolute atomic E-state index is 0.391. The first-order valence-corrected chi connectivity index (χ1v) is 9.02. The van der Waals surface area contributed by atoms with Crippen LogP contribution in [0.25, 0.3) is 11.4 Å². The lowest BCUT2D eigenvalue weighted by Crippen LogP contribution is -2.49. The number of urea groups is 1. The minimum atomic E-state index is -0.572. The first-order valence-electron chi connectivity index (χ1n) is 8.14. The van der Waals surface area contributed by atoms with Crippen LogP contribution >= 0.6 is 11.8 Å². The third kappa shape index (κ3) is 4.98. The van der Waals surface area contributed by atoms with Crippen molar-refractivity contribution < 1.29 is 9.59 Å². The number of carbonyl (C=O) groups excluding carboxylic acids is 2. The minimum Gasteiger partial charge on any atom is -0.335 e. The molecule has 26 heavy (non-hydrogen) atoms. The van der Waals surface area contributed by atoms with E-state index in [1.54, 1.807) is 6.92 Å². The number of rotatable bonds is 4. The van der Waals surface area contributed by atoms with Crippen LogP contribution in [0.2, 0.25) is 0 Å². The molecule has 0 saturated heterocycles. The molecule has 9 heteroatoms. The third-order valence-electron chi connectivity index (χ3n) is 3.43. The summed E-state index contributed by atoms with van der Waals surface area (Å²) in [4.78, 5) is 24.0. The van der Waals surface area contributed by atoms with Crippen molar-refractivity contribution in [2.24, 2.45) is 0 Å². The highest BCUT2D eigenvalue weighted by molar-refractivity contribution is 8.00. The summed E-state index contributed by atoms with van der Waals surface area (Å²) in [5.74, 6) is 6.18. The normalized spacial score (nSPS) is 12.5. The molecule has 0 unspecified atom stereocenters. The van der Waals surface area contributed by atoms with Gasteiger partial charge >= 0.3 is 6.03 Å². The highest BCUT2D eigenvalue weighted by Crippen LogP contribution is 2.26. The van der Waals surface area contributed by atoms with Crippen LogP contribution in [0.5, 0.6) is 0 Å². The molecule has 1 aromatic carbocycles. The summed E-state index contributed by atoms with van der Waals surface area (Å²) in [5, 5.41) is 13.0. The Morgan fingerprint density at radius 2 is 1.88 bits per heavy atom. The SMILES string of the molecule is Cc1ccccc1-c1nnc(S[C@@H](C)C(=O)NC(=O)NC(C)(C)C)n1N. The molecule has 0 radical (unpaired) electrons. The van der Waals surface area contributed by atoms with Gasteiger partial charge in [0.05, 0.1) is 5.25 Å². The van der Waals surface area contributed by atoms with Crippen molar-refractivity contribution in [2.45, 2.75) is 50.6 Å². The number of nitrogens with one attached hydrogen (secondary N) is 2. The van der Waals surface area contributed by atoms with Gasteiger partial charge in [-0.25, -0.2) is 9.47 Å². The lowest BCUT2D eigenvalue weighted by molar-refractivity contribution is -0.119. The number of imide groups is 1. The fraction of sp³-hybridized carbons (Fsp3) is 0.412. The third-order valence-corrected chi connectivity index (χ3v) is 4.48. The van der Waals surface area contributed by atoms with Gasteiger partial charge in [0.25, 0.3) is 0 Å². The van der Waals surface area contributed by atoms with Crippen LogP contribution in [-0.2, 0) is 4.79 Å². The Morgan fingerprint density at radius 3 is 2.50 bits per heavy atom. The van der Waals surface area contributed by atoms with Gasteiger partial charge in [0.15, 0.2) is 5.82 Å². The molecule has 0 aliphatic heterocycles.